The van der Waals surface area contributed by atoms with Gasteiger partial charge in [-0.1, -0.05) is 29.8 Å². The van der Waals surface area contributed by atoms with Crippen LogP contribution in [0.4, 0.5) is 0 Å². The predicted octanol–water partition coefficient (Wildman–Crippen LogP) is 3.56. The highest BCUT2D eigenvalue weighted by Gasteiger charge is 2.08. The molecule has 0 radical (unpaired) electrons. The summed E-state index contributed by atoms with van der Waals surface area (Å²) in [5.74, 6) is 0.0290. The number of aromatic nitrogens is 1. The highest BCUT2D eigenvalue weighted by Crippen LogP contribution is 2.25. The number of thiazole rings is 1. The molecule has 2 aromatic carbocycles. The molecule has 23 heavy (non-hydrogen) atoms. The lowest BCUT2D eigenvalue weighted by Gasteiger charge is -2.05. The maximum atomic E-state index is 11.9. The van der Waals surface area contributed by atoms with E-state index in [0.717, 1.165) is 15.2 Å². The summed E-state index contributed by atoms with van der Waals surface area (Å²) < 4.78 is 1.09. The van der Waals surface area contributed by atoms with Gasteiger partial charge >= 0.3 is 0 Å². The molecule has 0 aliphatic rings. The Hall–Kier alpha value is -2.11. The molecule has 0 bridgehead atoms. The summed E-state index contributed by atoms with van der Waals surface area (Å²) in [6.45, 7) is 0.514. The van der Waals surface area contributed by atoms with Crippen LogP contribution >= 0.6 is 22.9 Å². The van der Waals surface area contributed by atoms with E-state index in [2.05, 4.69) is 10.3 Å². The standard InChI is InChI=1S/C17H15ClN2O2S/c18-12-5-6-15-13(10-12)20-17(23-15)7-8-19-16(22)9-11-3-1-2-4-14(11)21/h1-6,10,21H,7-9H2,(H,19,22). The number of amides is 1. The molecule has 1 heterocycles. The molecule has 3 rings (SSSR count). The Labute approximate surface area is 142 Å². The fourth-order valence-electron chi connectivity index (χ4n) is 2.26. The minimum Gasteiger partial charge on any atom is -0.508 e. The normalized spacial score (nSPS) is 10.8. The zero-order chi connectivity index (χ0) is 16.2. The molecular weight excluding hydrogens is 332 g/mol. The van der Waals surface area contributed by atoms with Crippen LogP contribution in [0.3, 0.4) is 0 Å². The lowest BCUT2D eigenvalue weighted by atomic mass is 10.1. The van der Waals surface area contributed by atoms with Crippen LogP contribution in [0.2, 0.25) is 5.02 Å². The van der Waals surface area contributed by atoms with Crippen LogP contribution in [0, 0.1) is 0 Å². The number of hydrogen-bond donors (Lipinski definition) is 2. The van der Waals surface area contributed by atoms with Gasteiger partial charge in [-0.15, -0.1) is 11.3 Å². The van der Waals surface area contributed by atoms with E-state index in [9.17, 15) is 9.90 Å². The maximum Gasteiger partial charge on any atom is 0.224 e. The number of aromatic hydroxyl groups is 1. The number of benzene rings is 2. The van der Waals surface area contributed by atoms with Crippen LogP contribution < -0.4 is 5.32 Å². The first kappa shape index (κ1) is 15.8. The molecule has 0 aliphatic heterocycles. The van der Waals surface area contributed by atoms with E-state index in [0.29, 0.717) is 23.6 Å². The predicted molar refractivity (Wildman–Crippen MR) is 93.2 cm³/mol. The number of hydrogen-bond acceptors (Lipinski definition) is 4. The molecule has 0 unspecified atom stereocenters. The van der Waals surface area contributed by atoms with Crippen molar-refractivity contribution in [2.24, 2.45) is 0 Å². The van der Waals surface area contributed by atoms with Crippen molar-refractivity contribution in [1.29, 1.82) is 0 Å². The number of phenolic OH excluding ortho intramolecular Hbond substituents is 1. The lowest BCUT2D eigenvalue weighted by molar-refractivity contribution is -0.120. The molecule has 0 atom stereocenters. The molecule has 0 saturated carbocycles. The largest absolute Gasteiger partial charge is 0.508 e. The van der Waals surface area contributed by atoms with Crippen LogP contribution in [0.15, 0.2) is 42.5 Å². The summed E-state index contributed by atoms with van der Waals surface area (Å²) in [7, 11) is 0. The molecule has 1 amide bonds. The van der Waals surface area contributed by atoms with E-state index in [1.165, 1.54) is 0 Å². The van der Waals surface area contributed by atoms with Gasteiger partial charge in [0.25, 0.3) is 0 Å². The van der Waals surface area contributed by atoms with E-state index >= 15 is 0 Å². The fraction of sp³-hybridized carbons (Fsp3) is 0.176. The minimum atomic E-state index is -0.115. The van der Waals surface area contributed by atoms with E-state index in [1.54, 1.807) is 35.6 Å². The second-order valence-corrected chi connectivity index (χ2v) is 6.68. The first-order chi connectivity index (χ1) is 11.1. The quantitative estimate of drug-likeness (QED) is 0.742. The van der Waals surface area contributed by atoms with Gasteiger partial charge in [-0.2, -0.15) is 0 Å². The molecule has 6 heteroatoms. The Balaban J connectivity index is 1.54. The Morgan fingerprint density at radius 1 is 1.26 bits per heavy atom. The van der Waals surface area contributed by atoms with E-state index in [1.807, 2.05) is 18.2 Å². The zero-order valence-corrected chi connectivity index (χ0v) is 13.8. The molecule has 3 aromatic rings. The van der Waals surface area contributed by atoms with Gasteiger partial charge in [0.05, 0.1) is 21.6 Å². The zero-order valence-electron chi connectivity index (χ0n) is 12.3. The second kappa shape index (κ2) is 6.98. The number of phenols is 1. The summed E-state index contributed by atoms with van der Waals surface area (Å²) in [6.07, 6.45) is 0.839. The molecule has 118 valence electrons. The summed E-state index contributed by atoms with van der Waals surface area (Å²) in [5.41, 5.74) is 1.51. The summed E-state index contributed by atoms with van der Waals surface area (Å²) in [5, 5.41) is 14.2. The third-order valence-electron chi connectivity index (χ3n) is 3.40. The molecule has 2 N–H and O–H groups in total. The highest BCUT2D eigenvalue weighted by molar-refractivity contribution is 7.18. The Kier molecular flexibility index (Phi) is 4.79. The van der Waals surface area contributed by atoms with E-state index in [4.69, 9.17) is 11.6 Å². The average molecular weight is 347 g/mol. The smallest absolute Gasteiger partial charge is 0.224 e. The number of rotatable bonds is 5. The number of halogens is 1. The Bertz CT molecular complexity index is 847. The van der Waals surface area contributed by atoms with Crippen molar-refractivity contribution in [2.75, 3.05) is 6.54 Å². The number of nitrogens with zero attached hydrogens (tertiary/aromatic N) is 1. The fourth-order valence-corrected chi connectivity index (χ4v) is 3.37. The van der Waals surface area contributed by atoms with Crippen molar-refractivity contribution in [1.82, 2.24) is 10.3 Å². The molecule has 4 nitrogen and oxygen atoms in total. The van der Waals surface area contributed by atoms with Crippen LogP contribution in [0.25, 0.3) is 10.2 Å². The number of fused-ring (bicyclic) bond motifs is 1. The summed E-state index contributed by atoms with van der Waals surface area (Å²) in [6, 6.07) is 12.5. The first-order valence-corrected chi connectivity index (χ1v) is 8.40. The number of nitrogens with one attached hydrogen (secondary N) is 1. The lowest BCUT2D eigenvalue weighted by Crippen LogP contribution is -2.27. The van der Waals surface area contributed by atoms with Gasteiger partial charge in [0, 0.05) is 23.6 Å². The number of carbonyl (C=O) groups excluding carboxylic acids is 1. The van der Waals surface area contributed by atoms with E-state index in [-0.39, 0.29) is 18.1 Å². The molecule has 0 saturated heterocycles. The Morgan fingerprint density at radius 2 is 2.09 bits per heavy atom. The molecular formula is C17H15ClN2O2S. The molecule has 1 aromatic heterocycles. The van der Waals surface area contributed by atoms with Crippen LogP contribution in [-0.2, 0) is 17.6 Å². The van der Waals surface area contributed by atoms with Gasteiger partial charge < -0.3 is 10.4 Å². The minimum absolute atomic E-state index is 0.115. The first-order valence-electron chi connectivity index (χ1n) is 7.20. The third-order valence-corrected chi connectivity index (χ3v) is 4.73. The van der Waals surface area contributed by atoms with Crippen molar-refractivity contribution in [3.05, 3.63) is 58.1 Å². The molecule has 0 aliphatic carbocycles. The van der Waals surface area contributed by atoms with Crippen LogP contribution in [0.1, 0.15) is 10.6 Å². The van der Waals surface area contributed by atoms with Crippen molar-refractivity contribution >= 4 is 39.1 Å². The topological polar surface area (TPSA) is 62.2 Å². The third kappa shape index (κ3) is 4.00. The second-order valence-electron chi connectivity index (χ2n) is 5.13. The van der Waals surface area contributed by atoms with Gasteiger partial charge in [-0.3, -0.25) is 4.79 Å². The van der Waals surface area contributed by atoms with Gasteiger partial charge in [-0.05, 0) is 24.3 Å². The summed E-state index contributed by atoms with van der Waals surface area (Å²) in [4.78, 5) is 16.4. The SMILES string of the molecule is O=C(Cc1ccccc1O)NCCc1nc2cc(Cl)ccc2s1. The average Bonchev–Trinajstić information content (AvgIpc) is 2.91. The van der Waals surface area contributed by atoms with Gasteiger partial charge in [0.1, 0.15) is 5.75 Å². The van der Waals surface area contributed by atoms with Gasteiger partial charge in [0.15, 0.2) is 0 Å². The highest BCUT2D eigenvalue weighted by atomic mass is 35.5. The van der Waals surface area contributed by atoms with Crippen molar-refractivity contribution in [3.8, 4) is 5.75 Å². The number of carbonyl (C=O) groups is 1. The summed E-state index contributed by atoms with van der Waals surface area (Å²) >= 11 is 7.55. The molecule has 0 spiro atoms. The number of para-hydroxylation sites is 1. The van der Waals surface area contributed by atoms with Crippen molar-refractivity contribution in [2.45, 2.75) is 12.8 Å². The Morgan fingerprint density at radius 3 is 2.91 bits per heavy atom. The monoisotopic (exact) mass is 346 g/mol. The van der Waals surface area contributed by atoms with Crippen LogP contribution in [0.5, 0.6) is 5.75 Å². The van der Waals surface area contributed by atoms with Crippen molar-refractivity contribution < 1.29 is 9.90 Å². The van der Waals surface area contributed by atoms with Gasteiger partial charge in [-0.25, -0.2) is 4.98 Å². The maximum absolute atomic E-state index is 11.9. The van der Waals surface area contributed by atoms with Crippen molar-refractivity contribution in [3.63, 3.8) is 0 Å². The molecule has 0 fully saturated rings. The van der Waals surface area contributed by atoms with Crippen LogP contribution in [-0.4, -0.2) is 22.5 Å². The van der Waals surface area contributed by atoms with E-state index < -0.39 is 0 Å². The van der Waals surface area contributed by atoms with Gasteiger partial charge in [0.2, 0.25) is 5.91 Å².